The second kappa shape index (κ2) is 7.12. The fourth-order valence-electron chi connectivity index (χ4n) is 2.99. The van der Waals surface area contributed by atoms with Crippen LogP contribution in [0.2, 0.25) is 0 Å². The molecule has 24 heavy (non-hydrogen) atoms. The molecule has 0 spiro atoms. The van der Waals surface area contributed by atoms with Crippen LogP contribution in [-0.4, -0.2) is 38.8 Å². The maximum atomic E-state index is 12.5. The molecule has 1 unspecified atom stereocenters. The van der Waals surface area contributed by atoms with Crippen LogP contribution in [0.15, 0.2) is 4.42 Å². The standard InChI is InChI=1S/C16H23N5O3/c1-4-14-17-10(2)15(24-14)16(22)18-11-5-6-12-19-20-13(9-23-3)21(12)8-7-11/h11H,4-9H2,1-3H3,(H,18,22). The fraction of sp³-hybridized carbons (Fsp3) is 0.625. The maximum absolute atomic E-state index is 12.5. The number of oxazole rings is 1. The van der Waals surface area contributed by atoms with Crippen molar-refractivity contribution in [2.75, 3.05) is 7.11 Å². The van der Waals surface area contributed by atoms with Crippen molar-refractivity contribution in [1.82, 2.24) is 25.1 Å². The van der Waals surface area contributed by atoms with Crippen molar-refractivity contribution in [1.29, 1.82) is 0 Å². The Kier molecular flexibility index (Phi) is 4.94. The summed E-state index contributed by atoms with van der Waals surface area (Å²) in [5, 5.41) is 11.5. The molecular formula is C16H23N5O3. The van der Waals surface area contributed by atoms with Gasteiger partial charge in [-0.2, -0.15) is 0 Å². The van der Waals surface area contributed by atoms with E-state index >= 15 is 0 Å². The molecule has 3 rings (SSSR count). The monoisotopic (exact) mass is 333 g/mol. The molecule has 2 aromatic rings. The van der Waals surface area contributed by atoms with Gasteiger partial charge in [-0.3, -0.25) is 4.79 Å². The minimum atomic E-state index is -0.195. The van der Waals surface area contributed by atoms with Crippen LogP contribution in [-0.2, 0) is 30.7 Å². The van der Waals surface area contributed by atoms with E-state index in [0.29, 0.717) is 30.4 Å². The van der Waals surface area contributed by atoms with Crippen LogP contribution in [0.3, 0.4) is 0 Å². The van der Waals surface area contributed by atoms with Crippen molar-refractivity contribution in [3.05, 3.63) is 29.0 Å². The smallest absolute Gasteiger partial charge is 0.289 e. The molecule has 2 aromatic heterocycles. The molecule has 1 aliphatic heterocycles. The molecule has 1 N–H and O–H groups in total. The lowest BCUT2D eigenvalue weighted by molar-refractivity contribution is 0.0902. The summed E-state index contributed by atoms with van der Waals surface area (Å²) < 4.78 is 12.8. The lowest BCUT2D eigenvalue weighted by Gasteiger charge is -2.15. The Morgan fingerprint density at radius 3 is 2.96 bits per heavy atom. The zero-order valence-electron chi connectivity index (χ0n) is 14.3. The molecule has 130 valence electrons. The molecule has 0 bridgehead atoms. The van der Waals surface area contributed by atoms with Crippen LogP contribution >= 0.6 is 0 Å². The third kappa shape index (κ3) is 3.33. The molecule has 8 heteroatoms. The lowest BCUT2D eigenvalue weighted by atomic mass is 10.1. The van der Waals surface area contributed by atoms with E-state index in [9.17, 15) is 4.79 Å². The molecule has 0 radical (unpaired) electrons. The number of methoxy groups -OCH3 is 1. The van der Waals surface area contributed by atoms with Crippen molar-refractivity contribution in [2.24, 2.45) is 0 Å². The molecule has 0 saturated carbocycles. The molecule has 0 aromatic carbocycles. The summed E-state index contributed by atoms with van der Waals surface area (Å²) >= 11 is 0. The minimum Gasteiger partial charge on any atom is -0.435 e. The van der Waals surface area contributed by atoms with Crippen molar-refractivity contribution >= 4 is 5.91 Å². The second-order valence-electron chi connectivity index (χ2n) is 5.99. The number of carbonyl (C=O) groups is 1. The average Bonchev–Trinajstić information content (AvgIpc) is 3.07. The van der Waals surface area contributed by atoms with Gasteiger partial charge in [0.15, 0.2) is 11.7 Å². The van der Waals surface area contributed by atoms with Crippen LogP contribution in [0.1, 0.15) is 53.6 Å². The van der Waals surface area contributed by atoms with E-state index in [2.05, 4.69) is 25.1 Å². The van der Waals surface area contributed by atoms with E-state index in [1.807, 2.05) is 6.92 Å². The first-order chi connectivity index (χ1) is 11.6. The number of nitrogens with zero attached hydrogens (tertiary/aromatic N) is 4. The predicted octanol–water partition coefficient (Wildman–Crippen LogP) is 1.42. The maximum Gasteiger partial charge on any atom is 0.289 e. The zero-order valence-corrected chi connectivity index (χ0v) is 14.3. The van der Waals surface area contributed by atoms with Crippen molar-refractivity contribution in [2.45, 2.75) is 58.7 Å². The van der Waals surface area contributed by atoms with Crippen molar-refractivity contribution in [3.8, 4) is 0 Å². The van der Waals surface area contributed by atoms with Crippen molar-refractivity contribution in [3.63, 3.8) is 0 Å². The number of aromatic nitrogens is 4. The second-order valence-corrected chi connectivity index (χ2v) is 5.99. The largest absolute Gasteiger partial charge is 0.435 e. The van der Waals surface area contributed by atoms with Gasteiger partial charge in [0.2, 0.25) is 5.76 Å². The van der Waals surface area contributed by atoms with Gasteiger partial charge < -0.3 is 19.0 Å². The Hall–Kier alpha value is -2.22. The normalized spacial score (nSPS) is 17.4. The fourth-order valence-corrected chi connectivity index (χ4v) is 2.99. The highest BCUT2D eigenvalue weighted by Crippen LogP contribution is 2.17. The minimum absolute atomic E-state index is 0.0733. The molecule has 1 atom stereocenters. The molecule has 1 amide bonds. The molecule has 0 saturated heterocycles. The summed E-state index contributed by atoms with van der Waals surface area (Å²) in [6.07, 6.45) is 3.09. The van der Waals surface area contributed by atoms with E-state index in [-0.39, 0.29) is 11.9 Å². The topological polar surface area (TPSA) is 95.1 Å². The third-order valence-electron chi connectivity index (χ3n) is 4.28. The quantitative estimate of drug-likeness (QED) is 0.889. The van der Waals surface area contributed by atoms with Crippen molar-refractivity contribution < 1.29 is 13.9 Å². The summed E-state index contributed by atoms with van der Waals surface area (Å²) in [6.45, 7) is 4.96. The van der Waals surface area contributed by atoms with E-state index in [4.69, 9.17) is 9.15 Å². The zero-order chi connectivity index (χ0) is 17.1. The van der Waals surface area contributed by atoms with Crippen LogP contribution in [0.25, 0.3) is 0 Å². The molecule has 8 nitrogen and oxygen atoms in total. The number of hydrogen-bond donors (Lipinski definition) is 1. The number of ether oxygens (including phenoxy) is 1. The summed E-state index contributed by atoms with van der Waals surface area (Å²) in [6, 6.07) is 0.0733. The molecule has 0 aliphatic carbocycles. The Morgan fingerprint density at radius 1 is 1.42 bits per heavy atom. The molecular weight excluding hydrogens is 310 g/mol. The average molecular weight is 333 g/mol. The number of nitrogens with one attached hydrogen (secondary N) is 1. The van der Waals surface area contributed by atoms with E-state index < -0.39 is 0 Å². The number of hydrogen-bond acceptors (Lipinski definition) is 6. The molecule has 1 aliphatic rings. The lowest BCUT2D eigenvalue weighted by Crippen LogP contribution is -2.35. The Balaban J connectivity index is 1.65. The Morgan fingerprint density at radius 2 is 2.25 bits per heavy atom. The Bertz CT molecular complexity index is 721. The number of aryl methyl sites for hydroxylation is 3. The summed E-state index contributed by atoms with van der Waals surface area (Å²) in [5.41, 5.74) is 0.637. The highest BCUT2D eigenvalue weighted by atomic mass is 16.5. The van der Waals surface area contributed by atoms with E-state index in [0.717, 1.165) is 37.5 Å². The number of fused-ring (bicyclic) bond motifs is 1. The number of rotatable bonds is 5. The SMILES string of the molecule is CCc1nc(C)c(C(=O)NC2CCc3nnc(COC)n3CC2)o1. The van der Waals surface area contributed by atoms with Crippen LogP contribution in [0.4, 0.5) is 0 Å². The third-order valence-corrected chi connectivity index (χ3v) is 4.28. The van der Waals surface area contributed by atoms with Gasteiger partial charge in [-0.15, -0.1) is 10.2 Å². The summed E-state index contributed by atoms with van der Waals surface area (Å²) in [5.74, 6) is 2.49. The van der Waals surface area contributed by atoms with E-state index in [1.54, 1.807) is 14.0 Å². The highest BCUT2D eigenvalue weighted by Gasteiger charge is 2.24. The van der Waals surface area contributed by atoms with Gasteiger partial charge in [0.1, 0.15) is 12.4 Å². The number of carbonyl (C=O) groups excluding carboxylic acids is 1. The first-order valence-electron chi connectivity index (χ1n) is 8.29. The van der Waals surface area contributed by atoms with Gasteiger partial charge in [-0.1, -0.05) is 6.92 Å². The summed E-state index contributed by atoms with van der Waals surface area (Å²) in [4.78, 5) is 16.7. The highest BCUT2D eigenvalue weighted by molar-refractivity contribution is 5.92. The van der Waals surface area contributed by atoms with E-state index in [1.165, 1.54) is 0 Å². The van der Waals surface area contributed by atoms with Crippen LogP contribution in [0, 0.1) is 6.92 Å². The molecule has 3 heterocycles. The van der Waals surface area contributed by atoms with Gasteiger partial charge >= 0.3 is 0 Å². The Labute approximate surface area is 140 Å². The van der Waals surface area contributed by atoms with Gasteiger partial charge in [0, 0.05) is 32.5 Å². The van der Waals surface area contributed by atoms with Gasteiger partial charge in [-0.05, 0) is 19.8 Å². The van der Waals surface area contributed by atoms with Gasteiger partial charge in [0.05, 0.1) is 5.69 Å². The first-order valence-corrected chi connectivity index (χ1v) is 8.29. The van der Waals surface area contributed by atoms with Crippen LogP contribution in [0.5, 0.6) is 0 Å². The van der Waals surface area contributed by atoms with Crippen LogP contribution < -0.4 is 5.32 Å². The summed E-state index contributed by atoms with van der Waals surface area (Å²) in [7, 11) is 1.64. The van der Waals surface area contributed by atoms with Gasteiger partial charge in [0.25, 0.3) is 5.91 Å². The predicted molar refractivity (Wildman–Crippen MR) is 85.5 cm³/mol. The van der Waals surface area contributed by atoms with Gasteiger partial charge in [-0.25, -0.2) is 4.98 Å². The number of amides is 1. The molecule has 0 fully saturated rings. The first kappa shape index (κ1) is 16.6.